The molecule has 8 nitrogen and oxygen atoms in total. The van der Waals surface area contributed by atoms with Gasteiger partial charge in [-0.3, -0.25) is 10.2 Å². The molecule has 1 amide bonds. The monoisotopic (exact) mass is 449 g/mol. The summed E-state index contributed by atoms with van der Waals surface area (Å²) in [5.74, 6) is -0.173. The van der Waals surface area contributed by atoms with Crippen LogP contribution in [0.4, 0.5) is 11.4 Å². The third-order valence-electron chi connectivity index (χ3n) is 5.45. The van der Waals surface area contributed by atoms with Gasteiger partial charge in [0.05, 0.1) is 4.90 Å². The summed E-state index contributed by atoms with van der Waals surface area (Å²) in [5.41, 5.74) is 9.93. The fourth-order valence-corrected chi connectivity index (χ4v) is 4.64. The molecule has 9 heteroatoms. The highest BCUT2D eigenvalue weighted by Crippen LogP contribution is 2.34. The van der Waals surface area contributed by atoms with E-state index in [4.69, 9.17) is 16.3 Å². The van der Waals surface area contributed by atoms with Gasteiger partial charge in [0.25, 0.3) is 0 Å². The maximum atomic E-state index is 12.6. The number of fused-ring (bicyclic) bond motifs is 1. The zero-order chi connectivity index (χ0) is 22.9. The maximum absolute atomic E-state index is 12.6. The number of rotatable bonds is 6. The predicted octanol–water partition coefficient (Wildman–Crippen LogP) is 2.82. The van der Waals surface area contributed by atoms with Crippen molar-refractivity contribution in [2.24, 2.45) is 10.9 Å². The number of anilines is 2. The van der Waals surface area contributed by atoms with Crippen LogP contribution in [0.5, 0.6) is 0 Å². The summed E-state index contributed by atoms with van der Waals surface area (Å²) in [6.07, 6.45) is 0.275. The van der Waals surface area contributed by atoms with E-state index in [0.29, 0.717) is 28.9 Å². The summed E-state index contributed by atoms with van der Waals surface area (Å²) in [6.45, 7) is 0.632. The first-order valence-corrected chi connectivity index (χ1v) is 11.5. The van der Waals surface area contributed by atoms with Crippen molar-refractivity contribution in [2.75, 3.05) is 17.2 Å². The Hall–Kier alpha value is -3.69. The number of hydrogen-bond acceptors (Lipinski definition) is 5. The first-order chi connectivity index (χ1) is 15.2. The maximum Gasteiger partial charge on any atom is 0.238 e. The molecular weight excluding hydrogens is 426 g/mol. The van der Waals surface area contributed by atoms with E-state index in [9.17, 15) is 13.2 Å². The smallest absolute Gasteiger partial charge is 0.238 e. The summed E-state index contributed by atoms with van der Waals surface area (Å²) in [5, 5.41) is 19.1. The molecule has 32 heavy (non-hydrogen) atoms. The van der Waals surface area contributed by atoms with Gasteiger partial charge in [-0.2, -0.15) is 0 Å². The largest absolute Gasteiger partial charge is 0.384 e. The molecule has 0 fully saturated rings. The first kappa shape index (κ1) is 21.5. The molecule has 164 valence electrons. The van der Waals surface area contributed by atoms with Gasteiger partial charge in [-0.05, 0) is 47.5 Å². The number of primary sulfonamides is 1. The predicted molar refractivity (Wildman–Crippen MR) is 125 cm³/mol. The molecule has 0 saturated heterocycles. The molecule has 1 atom stereocenters. The van der Waals surface area contributed by atoms with Gasteiger partial charge >= 0.3 is 0 Å². The molecular formula is C23H23N5O3S. The second-order valence-corrected chi connectivity index (χ2v) is 9.19. The molecule has 3 aromatic rings. The fourth-order valence-electron chi connectivity index (χ4n) is 3.88. The van der Waals surface area contributed by atoms with Gasteiger partial charge in [-0.15, -0.1) is 0 Å². The van der Waals surface area contributed by atoms with Crippen LogP contribution in [0.15, 0.2) is 71.6 Å². The molecule has 7 N–H and O–H groups in total. The summed E-state index contributed by atoms with van der Waals surface area (Å²) in [6, 6.07) is 19.0. The standard InChI is InChI=1S/C23H23N5O3S/c24-23(25)15-7-10-20-19(11-15)16(13-27-20)12-22(29)28-17-8-5-14(6-9-17)18-3-1-2-4-21(18)32(26,30)31/h1-11,16,27H,12-13H2,(H3,24,25)(H,28,29)(H2,26,30,31)/t16-/m0/s1. The van der Waals surface area contributed by atoms with Crippen molar-refractivity contribution in [3.8, 4) is 11.1 Å². The SMILES string of the molecule is N=C(N)c1ccc2c(c1)[C@@H](CC(=O)Nc1ccc(-c3ccccc3S(N)(=O)=O)cc1)CN2. The van der Waals surface area contributed by atoms with Crippen LogP contribution in [-0.4, -0.2) is 26.7 Å². The number of nitrogens with one attached hydrogen (secondary N) is 3. The van der Waals surface area contributed by atoms with Crippen molar-refractivity contribution >= 4 is 33.1 Å². The van der Waals surface area contributed by atoms with Gasteiger partial charge < -0.3 is 16.4 Å². The highest BCUT2D eigenvalue weighted by molar-refractivity contribution is 7.89. The van der Waals surface area contributed by atoms with Crippen LogP contribution < -0.4 is 21.5 Å². The van der Waals surface area contributed by atoms with E-state index in [1.165, 1.54) is 6.07 Å². The summed E-state index contributed by atoms with van der Waals surface area (Å²) in [4.78, 5) is 12.7. The molecule has 0 spiro atoms. The molecule has 0 radical (unpaired) electrons. The Morgan fingerprint density at radius 1 is 1.09 bits per heavy atom. The molecule has 4 rings (SSSR count). The van der Waals surface area contributed by atoms with E-state index < -0.39 is 10.0 Å². The third kappa shape index (κ3) is 4.48. The van der Waals surface area contributed by atoms with E-state index in [2.05, 4.69) is 10.6 Å². The Labute approximate surface area is 186 Å². The van der Waals surface area contributed by atoms with E-state index in [1.54, 1.807) is 48.5 Å². The summed E-state index contributed by atoms with van der Waals surface area (Å²) >= 11 is 0. The topological polar surface area (TPSA) is 151 Å². The van der Waals surface area contributed by atoms with Crippen molar-refractivity contribution < 1.29 is 13.2 Å². The van der Waals surface area contributed by atoms with Crippen LogP contribution in [0.1, 0.15) is 23.5 Å². The van der Waals surface area contributed by atoms with Crippen LogP contribution in [0.3, 0.4) is 0 Å². The van der Waals surface area contributed by atoms with Crippen molar-refractivity contribution in [3.05, 3.63) is 77.9 Å². The molecule has 0 saturated carbocycles. The average molecular weight is 450 g/mol. The minimum atomic E-state index is -3.85. The lowest BCUT2D eigenvalue weighted by atomic mass is 9.95. The zero-order valence-electron chi connectivity index (χ0n) is 17.1. The van der Waals surface area contributed by atoms with E-state index in [0.717, 1.165) is 11.3 Å². The number of sulfonamides is 1. The Morgan fingerprint density at radius 3 is 2.50 bits per heavy atom. The molecule has 1 aliphatic heterocycles. The molecule has 3 aromatic carbocycles. The lowest BCUT2D eigenvalue weighted by Gasteiger charge is -2.12. The van der Waals surface area contributed by atoms with E-state index in [-0.39, 0.29) is 29.0 Å². The van der Waals surface area contributed by atoms with Crippen LogP contribution >= 0.6 is 0 Å². The minimum absolute atomic E-state index is 0.00741. The lowest BCUT2D eigenvalue weighted by Crippen LogP contribution is -2.17. The summed E-state index contributed by atoms with van der Waals surface area (Å²) in [7, 11) is -3.85. The summed E-state index contributed by atoms with van der Waals surface area (Å²) < 4.78 is 23.7. The highest BCUT2D eigenvalue weighted by atomic mass is 32.2. The quantitative estimate of drug-likeness (QED) is 0.289. The normalized spacial score (nSPS) is 15.0. The third-order valence-corrected chi connectivity index (χ3v) is 6.42. The van der Waals surface area contributed by atoms with Crippen molar-refractivity contribution in [3.63, 3.8) is 0 Å². The van der Waals surface area contributed by atoms with Gasteiger partial charge in [0.15, 0.2) is 0 Å². The van der Waals surface area contributed by atoms with Crippen LogP contribution in [0.2, 0.25) is 0 Å². The molecule has 0 unspecified atom stereocenters. The van der Waals surface area contributed by atoms with Gasteiger partial charge in [0.2, 0.25) is 15.9 Å². The van der Waals surface area contributed by atoms with Crippen molar-refractivity contribution in [2.45, 2.75) is 17.2 Å². The van der Waals surface area contributed by atoms with Crippen molar-refractivity contribution in [1.82, 2.24) is 0 Å². The highest BCUT2D eigenvalue weighted by Gasteiger charge is 2.25. The van der Waals surface area contributed by atoms with Gasteiger partial charge in [0, 0.05) is 41.4 Å². The molecule has 0 aromatic heterocycles. The van der Waals surface area contributed by atoms with Crippen molar-refractivity contribution in [1.29, 1.82) is 5.41 Å². The molecule has 0 aliphatic carbocycles. The molecule has 1 heterocycles. The zero-order valence-corrected chi connectivity index (χ0v) is 17.9. The van der Waals surface area contributed by atoms with Crippen LogP contribution in [0.25, 0.3) is 11.1 Å². The number of benzene rings is 3. The number of amidine groups is 1. The van der Waals surface area contributed by atoms with E-state index in [1.807, 2.05) is 12.1 Å². The Morgan fingerprint density at radius 2 is 1.81 bits per heavy atom. The number of amides is 1. The fraction of sp³-hybridized carbons (Fsp3) is 0.130. The second-order valence-electron chi connectivity index (χ2n) is 7.66. The molecule has 1 aliphatic rings. The number of hydrogen-bond donors (Lipinski definition) is 5. The number of carbonyl (C=O) groups is 1. The van der Waals surface area contributed by atoms with E-state index >= 15 is 0 Å². The van der Waals surface area contributed by atoms with Gasteiger partial charge in [-0.25, -0.2) is 13.6 Å². The average Bonchev–Trinajstić information content (AvgIpc) is 3.15. The number of nitrogens with two attached hydrogens (primary N) is 2. The Kier molecular flexibility index (Phi) is 5.68. The second kappa shape index (κ2) is 8.45. The Balaban J connectivity index is 1.47. The minimum Gasteiger partial charge on any atom is -0.384 e. The number of carbonyl (C=O) groups excluding carboxylic acids is 1. The van der Waals surface area contributed by atoms with Gasteiger partial charge in [-0.1, -0.05) is 30.3 Å². The first-order valence-electron chi connectivity index (χ1n) is 9.96. The van der Waals surface area contributed by atoms with Crippen LogP contribution in [0, 0.1) is 5.41 Å². The van der Waals surface area contributed by atoms with Gasteiger partial charge in [0.1, 0.15) is 5.84 Å². The lowest BCUT2D eigenvalue weighted by molar-refractivity contribution is -0.116. The molecule has 0 bridgehead atoms. The van der Waals surface area contributed by atoms with Crippen LogP contribution in [-0.2, 0) is 14.8 Å². The number of nitrogen functional groups attached to an aromatic ring is 1. The Bertz CT molecular complexity index is 1300.